The highest BCUT2D eigenvalue weighted by Crippen LogP contribution is 2.23. The van der Waals surface area contributed by atoms with Gasteiger partial charge in [-0.25, -0.2) is 0 Å². The highest BCUT2D eigenvalue weighted by Gasteiger charge is 2.28. The average molecular weight is 348 g/mol. The maximum Gasteiger partial charge on any atom is 0.253 e. The number of carbonyl (C=O) groups excluding carboxylic acids is 1. The minimum Gasteiger partial charge on any atom is -0.338 e. The number of nitrogens with zero attached hydrogens (tertiary/aromatic N) is 1. The van der Waals surface area contributed by atoms with Crippen molar-refractivity contribution in [3.05, 3.63) is 33.8 Å². The lowest BCUT2D eigenvalue weighted by Crippen LogP contribution is -2.33. The molecule has 1 amide bonds. The monoisotopic (exact) mass is 346 g/mol. The molecular weight excluding hydrogens is 328 g/mol. The first kappa shape index (κ1) is 16.5. The zero-order valence-corrected chi connectivity index (χ0v) is 13.6. The van der Waals surface area contributed by atoms with E-state index in [2.05, 4.69) is 15.9 Å². The molecule has 1 heterocycles. The van der Waals surface area contributed by atoms with Crippen LogP contribution in [0.1, 0.15) is 29.3 Å². The van der Waals surface area contributed by atoms with E-state index in [9.17, 15) is 4.79 Å². The Morgan fingerprint density at radius 3 is 2.74 bits per heavy atom. The van der Waals surface area contributed by atoms with Gasteiger partial charge in [0, 0.05) is 29.2 Å². The van der Waals surface area contributed by atoms with E-state index in [4.69, 9.17) is 5.73 Å². The summed E-state index contributed by atoms with van der Waals surface area (Å²) in [5.74, 6) is 0.555. The summed E-state index contributed by atoms with van der Waals surface area (Å²) in [6.07, 6.45) is 1.01. The maximum atomic E-state index is 12.3. The van der Waals surface area contributed by atoms with Gasteiger partial charge < -0.3 is 10.6 Å². The number of nitrogens with two attached hydrogens (primary N) is 1. The molecule has 1 aliphatic rings. The number of aryl methyl sites for hydroxylation is 1. The second kappa shape index (κ2) is 6.73. The van der Waals surface area contributed by atoms with Gasteiger partial charge in [-0.1, -0.05) is 15.9 Å². The molecule has 2 unspecified atom stereocenters. The summed E-state index contributed by atoms with van der Waals surface area (Å²) >= 11 is 3.45. The van der Waals surface area contributed by atoms with Gasteiger partial charge in [0.15, 0.2) is 0 Å². The van der Waals surface area contributed by atoms with E-state index in [-0.39, 0.29) is 24.4 Å². The molecule has 0 bridgehead atoms. The Labute approximate surface area is 129 Å². The van der Waals surface area contributed by atoms with E-state index in [0.29, 0.717) is 5.92 Å². The standard InChI is InChI=1S/C14H19BrN2O.ClH/c1-9-7-11(3-4-13(9)15)14(18)17-6-5-12(8-17)10(2)16;/h3-4,7,10,12H,5-6,8,16H2,1-2H3;1H. The molecule has 2 N–H and O–H groups in total. The number of likely N-dealkylation sites (tertiary alicyclic amines) is 1. The first-order valence-corrected chi connectivity index (χ1v) is 7.09. The number of hydrogen-bond donors (Lipinski definition) is 1. The van der Waals surface area contributed by atoms with Crippen molar-refractivity contribution < 1.29 is 4.79 Å². The second-order valence-electron chi connectivity index (χ2n) is 5.12. The molecular formula is C14H20BrClN2O. The SMILES string of the molecule is Cc1cc(C(=O)N2CCC(C(C)N)C2)ccc1Br.Cl. The van der Waals surface area contributed by atoms with Crippen LogP contribution >= 0.6 is 28.3 Å². The van der Waals surface area contributed by atoms with Crippen LogP contribution in [0.2, 0.25) is 0 Å². The zero-order valence-electron chi connectivity index (χ0n) is 11.2. The van der Waals surface area contributed by atoms with Crippen LogP contribution in [-0.2, 0) is 0 Å². The maximum absolute atomic E-state index is 12.3. The van der Waals surface area contributed by atoms with Crippen LogP contribution in [0.25, 0.3) is 0 Å². The molecule has 0 saturated carbocycles. The molecule has 1 fully saturated rings. The van der Waals surface area contributed by atoms with Crippen molar-refractivity contribution in [2.24, 2.45) is 11.7 Å². The Balaban J connectivity index is 0.00000180. The smallest absolute Gasteiger partial charge is 0.253 e. The minimum absolute atomic E-state index is 0. The highest BCUT2D eigenvalue weighted by atomic mass is 79.9. The van der Waals surface area contributed by atoms with Crippen molar-refractivity contribution in [3.63, 3.8) is 0 Å². The van der Waals surface area contributed by atoms with Gasteiger partial charge in [0.2, 0.25) is 0 Å². The third-order valence-electron chi connectivity index (χ3n) is 3.66. The topological polar surface area (TPSA) is 46.3 Å². The van der Waals surface area contributed by atoms with Crippen molar-refractivity contribution in [1.82, 2.24) is 4.90 Å². The molecule has 1 aliphatic heterocycles. The molecule has 0 aliphatic carbocycles. The molecule has 106 valence electrons. The fourth-order valence-electron chi connectivity index (χ4n) is 2.36. The summed E-state index contributed by atoms with van der Waals surface area (Å²) in [4.78, 5) is 14.3. The molecule has 0 radical (unpaired) electrons. The van der Waals surface area contributed by atoms with Crippen LogP contribution in [0.5, 0.6) is 0 Å². The summed E-state index contributed by atoms with van der Waals surface area (Å²) in [7, 11) is 0. The van der Waals surface area contributed by atoms with Crippen LogP contribution in [0.15, 0.2) is 22.7 Å². The molecule has 5 heteroatoms. The Morgan fingerprint density at radius 2 is 2.21 bits per heavy atom. The van der Waals surface area contributed by atoms with E-state index in [0.717, 1.165) is 35.1 Å². The first-order chi connectivity index (χ1) is 8.49. The molecule has 19 heavy (non-hydrogen) atoms. The fourth-order valence-corrected chi connectivity index (χ4v) is 2.61. The lowest BCUT2D eigenvalue weighted by molar-refractivity contribution is 0.0786. The number of rotatable bonds is 2. The fraction of sp³-hybridized carbons (Fsp3) is 0.500. The third-order valence-corrected chi connectivity index (χ3v) is 4.55. The predicted molar refractivity (Wildman–Crippen MR) is 83.8 cm³/mol. The molecule has 2 atom stereocenters. The first-order valence-electron chi connectivity index (χ1n) is 6.30. The molecule has 1 aromatic carbocycles. The minimum atomic E-state index is 0. The Morgan fingerprint density at radius 1 is 1.53 bits per heavy atom. The van der Waals surface area contributed by atoms with E-state index in [1.807, 2.05) is 36.9 Å². The molecule has 1 aromatic rings. The third kappa shape index (κ3) is 3.71. The summed E-state index contributed by atoms with van der Waals surface area (Å²) in [5, 5.41) is 0. The number of amides is 1. The molecule has 0 aromatic heterocycles. The molecule has 3 nitrogen and oxygen atoms in total. The molecule has 1 saturated heterocycles. The quantitative estimate of drug-likeness (QED) is 0.894. The zero-order chi connectivity index (χ0) is 13.3. The molecule has 2 rings (SSSR count). The van der Waals surface area contributed by atoms with Crippen molar-refractivity contribution in [3.8, 4) is 0 Å². The van der Waals surface area contributed by atoms with Crippen molar-refractivity contribution in [2.45, 2.75) is 26.3 Å². The Hall–Kier alpha value is -0.580. The number of benzene rings is 1. The number of halogens is 2. The number of carbonyl (C=O) groups is 1. The van der Waals surface area contributed by atoms with Crippen molar-refractivity contribution in [2.75, 3.05) is 13.1 Å². The summed E-state index contributed by atoms with van der Waals surface area (Å²) < 4.78 is 1.04. The lowest BCUT2D eigenvalue weighted by Gasteiger charge is -2.18. The van der Waals surface area contributed by atoms with E-state index >= 15 is 0 Å². The Bertz CT molecular complexity index is 465. The van der Waals surface area contributed by atoms with Crippen LogP contribution in [0, 0.1) is 12.8 Å². The second-order valence-corrected chi connectivity index (χ2v) is 5.98. The van der Waals surface area contributed by atoms with Gasteiger partial charge >= 0.3 is 0 Å². The van der Waals surface area contributed by atoms with E-state index < -0.39 is 0 Å². The number of hydrogen-bond acceptors (Lipinski definition) is 2. The van der Waals surface area contributed by atoms with Gasteiger partial charge in [0.25, 0.3) is 5.91 Å². The highest BCUT2D eigenvalue weighted by molar-refractivity contribution is 9.10. The van der Waals surface area contributed by atoms with Gasteiger partial charge in [0.1, 0.15) is 0 Å². The van der Waals surface area contributed by atoms with Crippen LogP contribution < -0.4 is 5.73 Å². The van der Waals surface area contributed by atoms with Gasteiger partial charge in [-0.3, -0.25) is 4.79 Å². The van der Waals surface area contributed by atoms with Crippen LogP contribution in [-0.4, -0.2) is 29.9 Å². The Kier molecular flexibility index (Phi) is 5.83. The summed E-state index contributed by atoms with van der Waals surface area (Å²) in [6, 6.07) is 5.90. The normalized spacial score (nSPS) is 20.0. The average Bonchev–Trinajstić information content (AvgIpc) is 2.81. The van der Waals surface area contributed by atoms with Crippen LogP contribution in [0.4, 0.5) is 0 Å². The summed E-state index contributed by atoms with van der Waals surface area (Å²) in [5.41, 5.74) is 7.75. The van der Waals surface area contributed by atoms with E-state index in [1.165, 1.54) is 0 Å². The lowest BCUT2D eigenvalue weighted by atomic mass is 10.0. The van der Waals surface area contributed by atoms with Gasteiger partial charge in [-0.2, -0.15) is 0 Å². The van der Waals surface area contributed by atoms with E-state index in [1.54, 1.807) is 0 Å². The van der Waals surface area contributed by atoms with Crippen LogP contribution in [0.3, 0.4) is 0 Å². The summed E-state index contributed by atoms with van der Waals surface area (Å²) in [6.45, 7) is 5.61. The van der Waals surface area contributed by atoms with Crippen molar-refractivity contribution in [1.29, 1.82) is 0 Å². The van der Waals surface area contributed by atoms with Gasteiger partial charge in [-0.15, -0.1) is 12.4 Å². The molecule has 0 spiro atoms. The predicted octanol–water partition coefficient (Wildman–Crippen LogP) is 2.99. The van der Waals surface area contributed by atoms with Gasteiger partial charge in [-0.05, 0) is 49.9 Å². The van der Waals surface area contributed by atoms with Crippen molar-refractivity contribution >= 4 is 34.2 Å². The van der Waals surface area contributed by atoms with Gasteiger partial charge in [0.05, 0.1) is 0 Å². The largest absolute Gasteiger partial charge is 0.338 e.